The molecule has 1 saturated heterocycles. The van der Waals surface area contributed by atoms with Crippen LogP contribution in [0.15, 0.2) is 30.3 Å². The van der Waals surface area contributed by atoms with E-state index in [1.165, 1.54) is 21.8 Å². The van der Waals surface area contributed by atoms with Gasteiger partial charge in [-0.25, -0.2) is 4.79 Å². The Hall–Kier alpha value is -3.02. The number of urea groups is 1. The number of amides is 3. The van der Waals surface area contributed by atoms with E-state index in [1.54, 1.807) is 19.0 Å². The van der Waals surface area contributed by atoms with Gasteiger partial charge in [-0.2, -0.15) is 0 Å². The number of carbonyl (C=O) groups excluding carboxylic acids is 2. The zero-order valence-corrected chi connectivity index (χ0v) is 20.0. The first-order valence-electron chi connectivity index (χ1n) is 11.5. The number of rotatable bonds is 3. The van der Waals surface area contributed by atoms with Crippen molar-refractivity contribution in [2.75, 3.05) is 32.5 Å². The number of benzene rings is 2. The Morgan fingerprint density at radius 1 is 1.06 bits per heavy atom. The van der Waals surface area contributed by atoms with Crippen LogP contribution >= 0.6 is 0 Å². The molecule has 32 heavy (non-hydrogen) atoms. The fraction of sp³-hybridized carbons (Fsp3) is 0.462. The number of piperidine rings is 1. The van der Waals surface area contributed by atoms with Crippen molar-refractivity contribution in [1.82, 2.24) is 14.4 Å². The summed E-state index contributed by atoms with van der Waals surface area (Å²) in [5, 5.41) is 5.68. The maximum absolute atomic E-state index is 13.2. The maximum Gasteiger partial charge on any atom is 0.319 e. The number of hydrogen-bond acceptors (Lipinski definition) is 2. The quantitative estimate of drug-likeness (QED) is 0.606. The zero-order valence-electron chi connectivity index (χ0n) is 20.0. The van der Waals surface area contributed by atoms with Gasteiger partial charge in [0.05, 0.1) is 5.52 Å². The van der Waals surface area contributed by atoms with E-state index in [9.17, 15) is 9.59 Å². The first-order valence-corrected chi connectivity index (χ1v) is 11.5. The van der Waals surface area contributed by atoms with E-state index in [4.69, 9.17) is 0 Å². The lowest BCUT2D eigenvalue weighted by Crippen LogP contribution is -2.45. The minimum Gasteiger partial charge on any atom is -0.338 e. The summed E-state index contributed by atoms with van der Waals surface area (Å²) in [6.45, 7) is 9.84. The maximum atomic E-state index is 13.2. The Balaban J connectivity index is 1.64. The van der Waals surface area contributed by atoms with Gasteiger partial charge >= 0.3 is 6.03 Å². The van der Waals surface area contributed by atoms with E-state index < -0.39 is 0 Å². The van der Waals surface area contributed by atoms with Crippen LogP contribution in [-0.2, 0) is 4.79 Å². The van der Waals surface area contributed by atoms with Gasteiger partial charge in [-0.05, 0) is 63.8 Å². The van der Waals surface area contributed by atoms with Crippen LogP contribution in [0, 0.1) is 19.8 Å². The average Bonchev–Trinajstić information content (AvgIpc) is 3.10. The predicted molar refractivity (Wildman–Crippen MR) is 131 cm³/mol. The van der Waals surface area contributed by atoms with Crippen LogP contribution in [-0.4, -0.2) is 53.5 Å². The molecule has 0 aliphatic carbocycles. The van der Waals surface area contributed by atoms with Crippen LogP contribution in [0.25, 0.3) is 21.8 Å². The number of nitrogens with one attached hydrogen (secondary N) is 1. The minimum absolute atomic E-state index is 0.0162. The van der Waals surface area contributed by atoms with Crippen LogP contribution in [0.5, 0.6) is 0 Å². The predicted octanol–water partition coefficient (Wildman–Crippen LogP) is 5.32. The third-order valence-electron chi connectivity index (χ3n) is 6.73. The Morgan fingerprint density at radius 3 is 2.34 bits per heavy atom. The lowest BCUT2D eigenvalue weighted by Gasteiger charge is -2.33. The number of nitrogens with zero attached hydrogens (tertiary/aromatic N) is 3. The van der Waals surface area contributed by atoms with E-state index in [1.807, 2.05) is 4.90 Å². The smallest absolute Gasteiger partial charge is 0.319 e. The normalized spacial score (nSPS) is 15.0. The van der Waals surface area contributed by atoms with Crippen molar-refractivity contribution in [2.24, 2.45) is 5.92 Å². The van der Waals surface area contributed by atoms with Crippen molar-refractivity contribution in [3.8, 4) is 0 Å². The average molecular weight is 435 g/mol. The molecule has 0 saturated carbocycles. The molecular weight excluding hydrogens is 400 g/mol. The molecule has 3 amide bonds. The van der Waals surface area contributed by atoms with Crippen molar-refractivity contribution < 1.29 is 9.59 Å². The van der Waals surface area contributed by atoms with Gasteiger partial charge in [-0.3, -0.25) is 4.79 Å². The summed E-state index contributed by atoms with van der Waals surface area (Å²) < 4.78 is 2.38. The molecule has 1 fully saturated rings. The highest BCUT2D eigenvalue weighted by Gasteiger charge is 2.29. The third-order valence-corrected chi connectivity index (χ3v) is 6.73. The van der Waals surface area contributed by atoms with Crippen molar-refractivity contribution in [2.45, 2.75) is 46.6 Å². The summed E-state index contributed by atoms with van der Waals surface area (Å²) in [5.41, 5.74) is 5.55. The second kappa shape index (κ2) is 8.49. The van der Waals surface area contributed by atoms with Gasteiger partial charge in [0, 0.05) is 61.1 Å². The topological polar surface area (TPSA) is 57.6 Å². The van der Waals surface area contributed by atoms with E-state index in [0.29, 0.717) is 32.0 Å². The SMILES string of the molecule is Cc1cc2c(c(C)c1NC(=O)C1CCN(C(=O)N(C)C)CC1)c1ccccc1n2C(C)C. The molecule has 1 aromatic heterocycles. The Kier molecular flexibility index (Phi) is 5.89. The summed E-state index contributed by atoms with van der Waals surface area (Å²) in [7, 11) is 3.53. The third kappa shape index (κ3) is 3.72. The van der Waals surface area contributed by atoms with Crippen LogP contribution < -0.4 is 5.32 Å². The molecule has 0 spiro atoms. The fourth-order valence-corrected chi connectivity index (χ4v) is 5.11. The standard InChI is InChI=1S/C26H34N4O2/c1-16(2)30-21-10-8-7-9-20(21)23-18(4)24(17(3)15-22(23)30)27-25(31)19-11-13-29(14-12-19)26(32)28(5)6/h7-10,15-16,19H,11-14H2,1-6H3,(H,27,31). The number of hydrogen-bond donors (Lipinski definition) is 1. The zero-order chi connectivity index (χ0) is 23.2. The molecule has 0 unspecified atom stereocenters. The van der Waals surface area contributed by atoms with Crippen molar-refractivity contribution in [3.05, 3.63) is 41.5 Å². The summed E-state index contributed by atoms with van der Waals surface area (Å²) in [5.74, 6) is -0.0205. The van der Waals surface area contributed by atoms with Gasteiger partial charge in [0.2, 0.25) is 5.91 Å². The first kappa shape index (κ1) is 22.2. The second-order valence-electron chi connectivity index (χ2n) is 9.50. The number of aryl methyl sites for hydroxylation is 2. The summed E-state index contributed by atoms with van der Waals surface area (Å²) in [6, 6.07) is 11.1. The van der Waals surface area contributed by atoms with Crippen molar-refractivity contribution in [1.29, 1.82) is 0 Å². The lowest BCUT2D eigenvalue weighted by atomic mass is 9.95. The van der Waals surface area contributed by atoms with Gasteiger partial charge in [0.15, 0.2) is 0 Å². The van der Waals surface area contributed by atoms with Crippen LogP contribution in [0.1, 0.15) is 43.9 Å². The van der Waals surface area contributed by atoms with E-state index in [2.05, 4.69) is 67.9 Å². The lowest BCUT2D eigenvalue weighted by molar-refractivity contribution is -0.121. The highest BCUT2D eigenvalue weighted by atomic mass is 16.2. The molecule has 1 aliphatic rings. The Morgan fingerprint density at radius 2 is 1.72 bits per heavy atom. The van der Waals surface area contributed by atoms with Crippen molar-refractivity contribution in [3.63, 3.8) is 0 Å². The molecule has 4 rings (SSSR count). The molecular formula is C26H34N4O2. The molecule has 6 heteroatoms. The summed E-state index contributed by atoms with van der Waals surface area (Å²) in [6.07, 6.45) is 1.39. The highest BCUT2D eigenvalue weighted by molar-refractivity contribution is 6.12. The summed E-state index contributed by atoms with van der Waals surface area (Å²) in [4.78, 5) is 28.8. The second-order valence-corrected chi connectivity index (χ2v) is 9.50. The number of fused-ring (bicyclic) bond motifs is 3. The van der Waals surface area contributed by atoms with E-state index >= 15 is 0 Å². The monoisotopic (exact) mass is 434 g/mol. The molecule has 0 bridgehead atoms. The van der Waals surface area contributed by atoms with Crippen LogP contribution in [0.4, 0.5) is 10.5 Å². The van der Waals surface area contributed by atoms with Gasteiger partial charge in [-0.15, -0.1) is 0 Å². The molecule has 0 atom stereocenters. The molecule has 170 valence electrons. The van der Waals surface area contributed by atoms with E-state index in [0.717, 1.165) is 16.8 Å². The Labute approximate surface area is 190 Å². The molecule has 6 nitrogen and oxygen atoms in total. The fourth-order valence-electron chi connectivity index (χ4n) is 5.11. The highest BCUT2D eigenvalue weighted by Crippen LogP contribution is 2.38. The molecule has 2 aromatic carbocycles. The number of para-hydroxylation sites is 1. The molecule has 1 N–H and O–H groups in total. The molecule has 0 radical (unpaired) electrons. The molecule has 2 heterocycles. The van der Waals surface area contributed by atoms with E-state index in [-0.39, 0.29) is 17.9 Å². The minimum atomic E-state index is -0.0762. The van der Waals surface area contributed by atoms with Gasteiger partial charge in [-0.1, -0.05) is 18.2 Å². The number of aromatic nitrogens is 1. The number of likely N-dealkylation sites (tertiary alicyclic amines) is 1. The molecule has 1 aliphatic heterocycles. The van der Waals surface area contributed by atoms with Crippen LogP contribution in [0.2, 0.25) is 0 Å². The number of anilines is 1. The van der Waals surface area contributed by atoms with Gasteiger partial charge in [0.25, 0.3) is 0 Å². The van der Waals surface area contributed by atoms with Crippen LogP contribution in [0.3, 0.4) is 0 Å². The Bertz CT molecular complexity index is 1180. The first-order chi connectivity index (χ1) is 15.2. The summed E-state index contributed by atoms with van der Waals surface area (Å²) >= 11 is 0. The molecule has 3 aromatic rings. The largest absolute Gasteiger partial charge is 0.338 e. The van der Waals surface area contributed by atoms with Gasteiger partial charge in [0.1, 0.15) is 0 Å². The van der Waals surface area contributed by atoms with Gasteiger partial charge < -0.3 is 19.7 Å². The van der Waals surface area contributed by atoms with Crippen molar-refractivity contribution >= 4 is 39.4 Å². The number of carbonyl (C=O) groups is 2.